The summed E-state index contributed by atoms with van der Waals surface area (Å²) in [6.45, 7) is 7.97. The SMILES string of the molecule is CCCc1c(C(=O)NCCN2CCCC2)cnc2c(-c3ccccc3)c(C)nn12. The molecule has 6 heteroatoms. The highest BCUT2D eigenvalue weighted by Gasteiger charge is 2.20. The van der Waals surface area contributed by atoms with Gasteiger partial charge in [0.15, 0.2) is 5.65 Å². The van der Waals surface area contributed by atoms with E-state index in [1.54, 1.807) is 6.20 Å². The van der Waals surface area contributed by atoms with Gasteiger partial charge in [0.05, 0.1) is 17.0 Å². The van der Waals surface area contributed by atoms with Crippen LogP contribution in [0.5, 0.6) is 0 Å². The molecule has 3 heterocycles. The second-order valence-electron chi connectivity index (χ2n) is 7.74. The van der Waals surface area contributed by atoms with E-state index in [1.807, 2.05) is 29.6 Å². The highest BCUT2D eigenvalue weighted by atomic mass is 16.1. The molecule has 4 rings (SSSR count). The molecule has 1 fully saturated rings. The molecule has 2 aromatic heterocycles. The lowest BCUT2D eigenvalue weighted by atomic mass is 10.1. The molecular weight excluding hydrogens is 362 g/mol. The number of carbonyl (C=O) groups is 1. The van der Waals surface area contributed by atoms with E-state index in [0.29, 0.717) is 12.1 Å². The van der Waals surface area contributed by atoms with E-state index in [4.69, 9.17) is 5.10 Å². The van der Waals surface area contributed by atoms with E-state index in [9.17, 15) is 4.79 Å². The van der Waals surface area contributed by atoms with Crippen LogP contribution in [-0.2, 0) is 6.42 Å². The lowest BCUT2D eigenvalue weighted by Gasteiger charge is -2.15. The Labute approximate surface area is 171 Å². The lowest BCUT2D eigenvalue weighted by molar-refractivity contribution is 0.0947. The summed E-state index contributed by atoms with van der Waals surface area (Å²) in [5.74, 6) is -0.0588. The van der Waals surface area contributed by atoms with Crippen molar-refractivity contribution in [2.45, 2.75) is 39.5 Å². The first kappa shape index (κ1) is 19.6. The zero-order valence-corrected chi connectivity index (χ0v) is 17.3. The molecule has 0 unspecified atom stereocenters. The van der Waals surface area contributed by atoms with Crippen molar-refractivity contribution >= 4 is 11.6 Å². The normalized spacial score (nSPS) is 14.6. The van der Waals surface area contributed by atoms with Crippen molar-refractivity contribution in [3.8, 4) is 11.1 Å². The minimum Gasteiger partial charge on any atom is -0.351 e. The second kappa shape index (κ2) is 8.74. The number of likely N-dealkylation sites (tertiary alicyclic amines) is 1. The number of fused-ring (bicyclic) bond motifs is 1. The summed E-state index contributed by atoms with van der Waals surface area (Å²) < 4.78 is 1.87. The van der Waals surface area contributed by atoms with Gasteiger partial charge in [-0.2, -0.15) is 5.10 Å². The molecule has 0 bridgehead atoms. The van der Waals surface area contributed by atoms with Crippen molar-refractivity contribution in [1.29, 1.82) is 0 Å². The molecule has 0 atom stereocenters. The van der Waals surface area contributed by atoms with Gasteiger partial charge in [-0.3, -0.25) is 4.79 Å². The van der Waals surface area contributed by atoms with Crippen molar-refractivity contribution in [2.75, 3.05) is 26.2 Å². The van der Waals surface area contributed by atoms with E-state index < -0.39 is 0 Å². The molecule has 1 aromatic carbocycles. The van der Waals surface area contributed by atoms with Crippen LogP contribution in [-0.4, -0.2) is 51.6 Å². The molecule has 3 aromatic rings. The number of nitrogens with zero attached hydrogens (tertiary/aromatic N) is 4. The van der Waals surface area contributed by atoms with Gasteiger partial charge < -0.3 is 10.2 Å². The molecule has 0 spiro atoms. The quantitative estimate of drug-likeness (QED) is 0.670. The molecule has 152 valence electrons. The Morgan fingerprint density at radius 2 is 1.93 bits per heavy atom. The van der Waals surface area contributed by atoms with E-state index in [1.165, 1.54) is 12.8 Å². The van der Waals surface area contributed by atoms with Crippen LogP contribution >= 0.6 is 0 Å². The van der Waals surface area contributed by atoms with Gasteiger partial charge in [0.2, 0.25) is 0 Å². The van der Waals surface area contributed by atoms with Crippen molar-refractivity contribution in [2.24, 2.45) is 0 Å². The number of hydrogen-bond donors (Lipinski definition) is 1. The molecule has 1 aliphatic heterocycles. The largest absolute Gasteiger partial charge is 0.351 e. The zero-order chi connectivity index (χ0) is 20.2. The van der Waals surface area contributed by atoms with Gasteiger partial charge >= 0.3 is 0 Å². The average Bonchev–Trinajstić information content (AvgIpc) is 3.36. The molecule has 1 amide bonds. The average molecular weight is 392 g/mol. The summed E-state index contributed by atoms with van der Waals surface area (Å²) in [5, 5.41) is 7.84. The number of nitrogens with one attached hydrogen (secondary N) is 1. The molecule has 6 nitrogen and oxygen atoms in total. The third kappa shape index (κ3) is 4.03. The van der Waals surface area contributed by atoms with Crippen LogP contribution in [0.2, 0.25) is 0 Å². The Morgan fingerprint density at radius 1 is 1.17 bits per heavy atom. The maximum Gasteiger partial charge on any atom is 0.254 e. The maximum atomic E-state index is 12.9. The summed E-state index contributed by atoms with van der Waals surface area (Å²) in [6.07, 6.45) is 5.96. The van der Waals surface area contributed by atoms with Gasteiger partial charge in [0.25, 0.3) is 5.91 Å². The van der Waals surface area contributed by atoms with Crippen LogP contribution < -0.4 is 5.32 Å². The van der Waals surface area contributed by atoms with Gasteiger partial charge in [-0.1, -0.05) is 43.7 Å². The van der Waals surface area contributed by atoms with Crippen molar-refractivity contribution < 1.29 is 4.79 Å². The van der Waals surface area contributed by atoms with E-state index in [-0.39, 0.29) is 5.91 Å². The highest BCUT2D eigenvalue weighted by molar-refractivity contribution is 5.95. The fourth-order valence-electron chi connectivity index (χ4n) is 4.18. The standard InChI is InChI=1S/C23H29N5O/c1-3-9-20-19(23(29)24-12-15-27-13-7-8-14-27)16-25-22-21(17(2)26-28(20)22)18-10-5-4-6-11-18/h4-6,10-11,16H,3,7-9,12-15H2,1-2H3,(H,24,29). The summed E-state index contributed by atoms with van der Waals surface area (Å²) in [4.78, 5) is 20.0. The predicted molar refractivity (Wildman–Crippen MR) is 115 cm³/mol. The maximum absolute atomic E-state index is 12.9. The molecular formula is C23H29N5O. The molecule has 0 aliphatic carbocycles. The number of hydrogen-bond acceptors (Lipinski definition) is 4. The monoisotopic (exact) mass is 391 g/mol. The Hall–Kier alpha value is -2.73. The van der Waals surface area contributed by atoms with Crippen LogP contribution in [0.1, 0.15) is 47.9 Å². The van der Waals surface area contributed by atoms with Crippen molar-refractivity contribution in [3.05, 3.63) is 53.5 Å². The smallest absolute Gasteiger partial charge is 0.254 e. The number of aromatic nitrogens is 3. The Kier molecular flexibility index (Phi) is 5.90. The third-order valence-corrected chi connectivity index (χ3v) is 5.62. The van der Waals surface area contributed by atoms with Crippen LogP contribution in [0.3, 0.4) is 0 Å². The molecule has 29 heavy (non-hydrogen) atoms. The van der Waals surface area contributed by atoms with Gasteiger partial charge in [-0.25, -0.2) is 9.50 Å². The second-order valence-corrected chi connectivity index (χ2v) is 7.74. The van der Waals surface area contributed by atoms with Crippen molar-refractivity contribution in [1.82, 2.24) is 24.8 Å². The molecule has 0 radical (unpaired) electrons. The van der Waals surface area contributed by atoms with Gasteiger partial charge in [-0.05, 0) is 44.8 Å². The van der Waals surface area contributed by atoms with Crippen molar-refractivity contribution in [3.63, 3.8) is 0 Å². The van der Waals surface area contributed by atoms with Crippen LogP contribution in [0, 0.1) is 6.92 Å². The topological polar surface area (TPSA) is 62.5 Å². The van der Waals surface area contributed by atoms with Crippen LogP contribution in [0.4, 0.5) is 0 Å². The highest BCUT2D eigenvalue weighted by Crippen LogP contribution is 2.28. The van der Waals surface area contributed by atoms with E-state index in [2.05, 4.69) is 34.3 Å². The van der Waals surface area contributed by atoms with Gasteiger partial charge in [-0.15, -0.1) is 0 Å². The Bertz CT molecular complexity index is 989. The zero-order valence-electron chi connectivity index (χ0n) is 17.3. The lowest BCUT2D eigenvalue weighted by Crippen LogP contribution is -2.34. The van der Waals surface area contributed by atoms with Gasteiger partial charge in [0, 0.05) is 24.8 Å². The first-order valence-electron chi connectivity index (χ1n) is 10.6. The number of aryl methyl sites for hydroxylation is 2. The Morgan fingerprint density at radius 3 is 2.66 bits per heavy atom. The summed E-state index contributed by atoms with van der Waals surface area (Å²) in [5.41, 5.74) is 5.42. The minimum absolute atomic E-state index is 0.0588. The van der Waals surface area contributed by atoms with E-state index in [0.717, 1.165) is 60.6 Å². The molecule has 1 N–H and O–H groups in total. The number of amides is 1. The van der Waals surface area contributed by atoms with Crippen LogP contribution in [0.15, 0.2) is 36.5 Å². The molecule has 1 aliphatic rings. The summed E-state index contributed by atoms with van der Waals surface area (Å²) >= 11 is 0. The number of benzene rings is 1. The van der Waals surface area contributed by atoms with Crippen LogP contribution in [0.25, 0.3) is 16.8 Å². The Balaban J connectivity index is 1.64. The first-order valence-corrected chi connectivity index (χ1v) is 10.6. The number of rotatable bonds is 7. The summed E-state index contributed by atoms with van der Waals surface area (Å²) in [7, 11) is 0. The molecule has 0 saturated carbocycles. The van der Waals surface area contributed by atoms with Gasteiger partial charge in [0.1, 0.15) is 0 Å². The summed E-state index contributed by atoms with van der Waals surface area (Å²) in [6, 6.07) is 10.2. The first-order chi connectivity index (χ1) is 14.2. The number of carbonyl (C=O) groups excluding carboxylic acids is 1. The molecule has 1 saturated heterocycles. The minimum atomic E-state index is -0.0588. The fraction of sp³-hybridized carbons (Fsp3) is 0.435. The predicted octanol–water partition coefficient (Wildman–Crippen LogP) is 3.48. The fourth-order valence-corrected chi connectivity index (χ4v) is 4.18. The third-order valence-electron chi connectivity index (χ3n) is 5.62. The van der Waals surface area contributed by atoms with E-state index >= 15 is 0 Å².